The molecule has 8 heteroatoms. The molecular formula is C26H29N3O5. The van der Waals surface area contributed by atoms with Crippen molar-refractivity contribution in [1.82, 2.24) is 10.2 Å². The zero-order chi connectivity index (χ0) is 24.1. The number of Topliss-reactive ketones (excluding diaryl/α,β-unsaturated/α-hetero) is 1. The van der Waals surface area contributed by atoms with Gasteiger partial charge in [0.25, 0.3) is 0 Å². The third kappa shape index (κ3) is 5.44. The maximum absolute atomic E-state index is 13.4. The summed E-state index contributed by atoms with van der Waals surface area (Å²) in [6.45, 7) is 0.297. The van der Waals surface area contributed by atoms with Crippen LogP contribution < -0.4 is 11.1 Å². The summed E-state index contributed by atoms with van der Waals surface area (Å²) in [6.07, 6.45) is 1.67. The van der Waals surface area contributed by atoms with Crippen LogP contribution >= 0.6 is 0 Å². The Kier molecular flexibility index (Phi) is 7.25. The van der Waals surface area contributed by atoms with Crippen LogP contribution in [-0.2, 0) is 38.7 Å². The average Bonchev–Trinajstić information content (AvgIpc) is 2.85. The van der Waals surface area contributed by atoms with Crippen molar-refractivity contribution >= 4 is 23.7 Å². The highest BCUT2D eigenvalue weighted by Gasteiger charge is 2.39. The van der Waals surface area contributed by atoms with Gasteiger partial charge in [-0.2, -0.15) is 0 Å². The second-order valence-corrected chi connectivity index (χ2v) is 8.94. The van der Waals surface area contributed by atoms with Gasteiger partial charge in [-0.1, -0.05) is 54.6 Å². The summed E-state index contributed by atoms with van der Waals surface area (Å²) >= 11 is 0. The molecule has 1 heterocycles. The number of primary amides is 1. The molecule has 0 saturated heterocycles. The normalized spacial score (nSPS) is 20.7. The first-order valence-electron chi connectivity index (χ1n) is 11.6. The summed E-state index contributed by atoms with van der Waals surface area (Å²) in [6, 6.07) is 15.1. The number of fused-ring (bicyclic) bond motifs is 1. The van der Waals surface area contributed by atoms with Crippen LogP contribution in [0.25, 0.3) is 0 Å². The van der Waals surface area contributed by atoms with Gasteiger partial charge in [-0.05, 0) is 35.4 Å². The minimum absolute atomic E-state index is 0.0643. The van der Waals surface area contributed by atoms with Crippen molar-refractivity contribution in [2.75, 3.05) is 0 Å². The van der Waals surface area contributed by atoms with Crippen LogP contribution in [-0.4, -0.2) is 40.7 Å². The molecule has 0 radical (unpaired) electrons. The molecule has 2 aromatic rings. The molecule has 0 unspecified atom stereocenters. The summed E-state index contributed by atoms with van der Waals surface area (Å²) < 4.78 is 5.52. The Balaban J connectivity index is 1.52. The molecule has 3 amide bonds. The lowest BCUT2D eigenvalue weighted by atomic mass is 9.82. The van der Waals surface area contributed by atoms with E-state index in [0.717, 1.165) is 16.7 Å². The Morgan fingerprint density at radius 2 is 1.74 bits per heavy atom. The molecule has 178 valence electrons. The summed E-state index contributed by atoms with van der Waals surface area (Å²) in [5.74, 6) is -1.43. The molecule has 3 N–H and O–H groups in total. The predicted molar refractivity (Wildman–Crippen MR) is 124 cm³/mol. The fourth-order valence-electron chi connectivity index (χ4n) is 4.76. The van der Waals surface area contributed by atoms with E-state index in [1.165, 1.54) is 4.90 Å². The Labute approximate surface area is 198 Å². The number of carbonyl (C=O) groups excluding carboxylic acids is 4. The van der Waals surface area contributed by atoms with Gasteiger partial charge in [0.05, 0.1) is 6.54 Å². The summed E-state index contributed by atoms with van der Waals surface area (Å²) in [5.41, 5.74) is 8.34. The van der Waals surface area contributed by atoms with E-state index in [-0.39, 0.29) is 37.7 Å². The number of nitrogens with one attached hydrogen (secondary N) is 1. The molecule has 3 atom stereocenters. The number of carbonyl (C=O) groups is 4. The van der Waals surface area contributed by atoms with E-state index in [4.69, 9.17) is 10.5 Å². The second kappa shape index (κ2) is 10.5. The Bertz CT molecular complexity index is 1070. The maximum Gasteiger partial charge on any atom is 0.411 e. The van der Waals surface area contributed by atoms with E-state index >= 15 is 0 Å². The zero-order valence-electron chi connectivity index (χ0n) is 18.9. The molecule has 4 rings (SSSR count). The lowest BCUT2D eigenvalue weighted by Gasteiger charge is -2.36. The van der Waals surface area contributed by atoms with Crippen LogP contribution in [0.4, 0.5) is 4.79 Å². The van der Waals surface area contributed by atoms with E-state index in [1.807, 2.05) is 54.6 Å². The summed E-state index contributed by atoms with van der Waals surface area (Å²) in [4.78, 5) is 51.9. The van der Waals surface area contributed by atoms with Crippen LogP contribution in [0.5, 0.6) is 0 Å². The molecule has 0 aromatic heterocycles. The minimum atomic E-state index is -0.962. The predicted octanol–water partition coefficient (Wildman–Crippen LogP) is 2.48. The summed E-state index contributed by atoms with van der Waals surface area (Å²) in [7, 11) is 0. The molecule has 2 aliphatic rings. The van der Waals surface area contributed by atoms with Crippen LogP contribution in [0.2, 0.25) is 0 Å². The third-order valence-corrected chi connectivity index (χ3v) is 6.59. The van der Waals surface area contributed by atoms with Crippen molar-refractivity contribution in [2.24, 2.45) is 11.7 Å². The van der Waals surface area contributed by atoms with Crippen molar-refractivity contribution in [2.45, 2.75) is 57.3 Å². The maximum atomic E-state index is 13.4. The number of hydrogen-bond acceptors (Lipinski definition) is 5. The van der Waals surface area contributed by atoms with E-state index in [0.29, 0.717) is 19.3 Å². The molecule has 1 aliphatic carbocycles. The van der Waals surface area contributed by atoms with Crippen molar-refractivity contribution in [1.29, 1.82) is 0 Å². The molecule has 0 bridgehead atoms. The lowest BCUT2D eigenvalue weighted by Crippen LogP contribution is -2.58. The number of ketones is 1. The highest BCUT2D eigenvalue weighted by Crippen LogP contribution is 2.27. The lowest BCUT2D eigenvalue weighted by molar-refractivity contribution is -0.133. The van der Waals surface area contributed by atoms with Crippen molar-refractivity contribution in [3.05, 3.63) is 71.3 Å². The molecule has 0 spiro atoms. The average molecular weight is 464 g/mol. The first kappa shape index (κ1) is 23.5. The molecular weight excluding hydrogens is 434 g/mol. The second-order valence-electron chi connectivity index (χ2n) is 8.94. The van der Waals surface area contributed by atoms with Crippen LogP contribution in [0, 0.1) is 5.92 Å². The van der Waals surface area contributed by atoms with Gasteiger partial charge in [-0.15, -0.1) is 0 Å². The molecule has 1 fully saturated rings. The largest absolute Gasteiger partial charge is 0.445 e. The first-order chi connectivity index (χ1) is 16.4. The van der Waals surface area contributed by atoms with E-state index in [2.05, 4.69) is 5.32 Å². The van der Waals surface area contributed by atoms with Gasteiger partial charge in [-0.3, -0.25) is 19.3 Å². The van der Waals surface area contributed by atoms with E-state index in [1.54, 1.807) is 0 Å². The monoisotopic (exact) mass is 463 g/mol. The van der Waals surface area contributed by atoms with Gasteiger partial charge in [-0.25, -0.2) is 4.79 Å². The first-order valence-corrected chi connectivity index (χ1v) is 11.6. The van der Waals surface area contributed by atoms with Gasteiger partial charge in [0.2, 0.25) is 11.8 Å². The van der Waals surface area contributed by atoms with E-state index < -0.39 is 30.0 Å². The van der Waals surface area contributed by atoms with Crippen LogP contribution in [0.3, 0.4) is 0 Å². The van der Waals surface area contributed by atoms with Crippen molar-refractivity contribution in [3.8, 4) is 0 Å². The Morgan fingerprint density at radius 1 is 1.03 bits per heavy atom. The minimum Gasteiger partial charge on any atom is -0.445 e. The SMILES string of the molecule is NC(=O)[C@H](NC(=O)[C@@H]1Cc2ccccc2CN1C(=O)OCc1ccccc1)[C@H]1CCCC(=O)C1. The van der Waals surface area contributed by atoms with Crippen molar-refractivity contribution in [3.63, 3.8) is 0 Å². The number of nitrogens with zero attached hydrogens (tertiary/aromatic N) is 1. The van der Waals surface area contributed by atoms with Crippen LogP contribution in [0.15, 0.2) is 54.6 Å². The van der Waals surface area contributed by atoms with Gasteiger partial charge in [0.1, 0.15) is 24.5 Å². The molecule has 34 heavy (non-hydrogen) atoms. The standard InChI is InChI=1S/C26H29N3O5/c27-24(31)23(19-11-6-12-21(30)13-19)28-25(32)22-14-18-9-4-5-10-20(18)15-29(22)26(33)34-16-17-7-2-1-3-8-17/h1-5,7-10,19,22-23H,6,11-16H2,(H2,27,31)(H,28,32)/t19-,22-,23+/m0/s1. The number of hydrogen-bond donors (Lipinski definition) is 2. The fourth-order valence-corrected chi connectivity index (χ4v) is 4.76. The number of rotatable bonds is 6. The van der Waals surface area contributed by atoms with Gasteiger partial charge in [0.15, 0.2) is 0 Å². The van der Waals surface area contributed by atoms with Gasteiger partial charge in [0, 0.05) is 19.3 Å². The quantitative estimate of drug-likeness (QED) is 0.682. The topological polar surface area (TPSA) is 119 Å². The highest BCUT2D eigenvalue weighted by atomic mass is 16.6. The summed E-state index contributed by atoms with van der Waals surface area (Å²) in [5, 5.41) is 2.75. The van der Waals surface area contributed by atoms with Gasteiger partial charge >= 0.3 is 6.09 Å². The smallest absolute Gasteiger partial charge is 0.411 e. The van der Waals surface area contributed by atoms with Crippen LogP contribution in [0.1, 0.15) is 42.4 Å². The van der Waals surface area contributed by atoms with Gasteiger partial charge < -0.3 is 15.8 Å². The van der Waals surface area contributed by atoms with E-state index in [9.17, 15) is 19.2 Å². The molecule has 8 nitrogen and oxygen atoms in total. The Hall–Kier alpha value is -3.68. The zero-order valence-corrected chi connectivity index (χ0v) is 18.9. The number of amides is 3. The van der Waals surface area contributed by atoms with Crippen molar-refractivity contribution < 1.29 is 23.9 Å². The highest BCUT2D eigenvalue weighted by molar-refractivity contribution is 5.92. The molecule has 1 saturated carbocycles. The number of ether oxygens (including phenoxy) is 1. The molecule has 1 aliphatic heterocycles. The third-order valence-electron chi connectivity index (χ3n) is 6.59. The fraction of sp³-hybridized carbons (Fsp3) is 0.385. The number of benzene rings is 2. The molecule has 2 aromatic carbocycles. The number of nitrogens with two attached hydrogens (primary N) is 1. The Morgan fingerprint density at radius 3 is 2.44 bits per heavy atom.